The molecular formula is C30H33ClFN4O4P. The summed E-state index contributed by atoms with van der Waals surface area (Å²) in [6.07, 6.45) is 3.30. The van der Waals surface area contributed by atoms with Crippen molar-refractivity contribution in [3.63, 3.8) is 0 Å². The zero-order chi connectivity index (χ0) is 29.6. The van der Waals surface area contributed by atoms with Gasteiger partial charge in [0.15, 0.2) is 0 Å². The lowest BCUT2D eigenvalue weighted by molar-refractivity contribution is -0.124. The van der Waals surface area contributed by atoms with Crippen molar-refractivity contribution in [2.24, 2.45) is 5.18 Å². The van der Waals surface area contributed by atoms with Gasteiger partial charge >= 0.3 is 11.9 Å². The Morgan fingerprint density at radius 1 is 1.12 bits per heavy atom. The van der Waals surface area contributed by atoms with E-state index in [2.05, 4.69) is 30.0 Å². The van der Waals surface area contributed by atoms with E-state index in [1.807, 2.05) is 36.4 Å². The number of nitrogens with zero attached hydrogens (tertiary/aromatic N) is 2. The molecule has 41 heavy (non-hydrogen) atoms. The molecule has 1 fully saturated rings. The summed E-state index contributed by atoms with van der Waals surface area (Å²) in [6.45, 7) is 2.61. The van der Waals surface area contributed by atoms with Crippen LogP contribution in [-0.2, 0) is 27.2 Å². The molecule has 0 spiro atoms. The number of hydrogen-bond donors (Lipinski definition) is 2. The number of nitroso groups, excluding NO2 is 1. The standard InChI is InChI=1S/C30H33ClFN4O4P/c1-29(2,32)20-12-21(14-25(41)13-20)30(16-19-6-4-3-5-7-19,26-11-8-22(31)17-33-26)35-28(38)34-23-9-10-24(15-23)40-18-27(37)36-39/h3-8,11-14,17,23-24H,9-10,15-16,18,41H2,1-2H3,(H2,34,35,38)/t23?,24?,30-/m0/s1. The van der Waals surface area contributed by atoms with Crippen molar-refractivity contribution in [3.05, 3.63) is 99.2 Å². The summed E-state index contributed by atoms with van der Waals surface area (Å²) in [4.78, 5) is 39.9. The first-order chi connectivity index (χ1) is 19.5. The molecule has 3 aromatic rings. The van der Waals surface area contributed by atoms with Gasteiger partial charge in [0.1, 0.15) is 17.8 Å². The summed E-state index contributed by atoms with van der Waals surface area (Å²) < 4.78 is 20.7. The van der Waals surface area contributed by atoms with Gasteiger partial charge < -0.3 is 15.4 Å². The van der Waals surface area contributed by atoms with Gasteiger partial charge in [0.05, 0.1) is 16.8 Å². The summed E-state index contributed by atoms with van der Waals surface area (Å²) in [5.74, 6) is -0.868. The second kappa shape index (κ2) is 13.1. The smallest absolute Gasteiger partial charge is 0.316 e. The predicted octanol–water partition coefficient (Wildman–Crippen LogP) is 5.46. The number of aromatic nitrogens is 1. The van der Waals surface area contributed by atoms with Gasteiger partial charge in [-0.05, 0) is 85.4 Å². The molecule has 0 aliphatic heterocycles. The number of carbonyl (C=O) groups excluding carboxylic acids is 2. The second-order valence-corrected chi connectivity index (χ2v) is 11.9. The molecular weight excluding hydrogens is 566 g/mol. The van der Waals surface area contributed by atoms with Gasteiger partial charge in [0.25, 0.3) is 0 Å². The molecule has 2 N–H and O–H groups in total. The number of pyridine rings is 1. The summed E-state index contributed by atoms with van der Waals surface area (Å²) in [5.41, 5.74) is -0.237. The van der Waals surface area contributed by atoms with Crippen LogP contribution in [0.5, 0.6) is 0 Å². The molecule has 11 heteroatoms. The van der Waals surface area contributed by atoms with E-state index in [9.17, 15) is 14.5 Å². The summed E-state index contributed by atoms with van der Waals surface area (Å²) in [7, 11) is 2.63. The predicted molar refractivity (Wildman–Crippen MR) is 160 cm³/mol. The molecule has 4 atom stereocenters. The lowest BCUT2D eigenvalue weighted by Gasteiger charge is -2.37. The van der Waals surface area contributed by atoms with Crippen LogP contribution in [-0.4, -0.2) is 35.7 Å². The minimum Gasteiger partial charge on any atom is -0.368 e. The quantitative estimate of drug-likeness (QED) is 0.238. The average Bonchev–Trinajstić information content (AvgIpc) is 3.38. The number of urea groups is 1. The molecule has 1 aliphatic rings. The van der Waals surface area contributed by atoms with Gasteiger partial charge in [-0.15, -0.1) is 14.1 Å². The first-order valence-corrected chi connectivity index (χ1v) is 14.3. The van der Waals surface area contributed by atoms with Crippen molar-refractivity contribution in [2.45, 2.75) is 62.9 Å². The number of halogens is 2. The summed E-state index contributed by atoms with van der Waals surface area (Å²) in [6, 6.07) is 17.9. The number of hydrogen-bond acceptors (Lipinski definition) is 5. The lowest BCUT2D eigenvalue weighted by Crippen LogP contribution is -2.54. The van der Waals surface area contributed by atoms with Gasteiger partial charge in [-0.1, -0.05) is 41.9 Å². The van der Waals surface area contributed by atoms with E-state index in [1.165, 1.54) is 20.0 Å². The maximum atomic E-state index is 15.3. The molecule has 216 valence electrons. The van der Waals surface area contributed by atoms with Gasteiger partial charge in [-0.25, -0.2) is 9.18 Å². The zero-order valence-corrected chi connectivity index (χ0v) is 24.8. The first kappa shape index (κ1) is 30.7. The molecule has 1 aliphatic carbocycles. The Morgan fingerprint density at radius 3 is 2.51 bits per heavy atom. The summed E-state index contributed by atoms with van der Waals surface area (Å²) >= 11 is 6.19. The van der Waals surface area contributed by atoms with Crippen LogP contribution in [0.4, 0.5) is 9.18 Å². The van der Waals surface area contributed by atoms with Crippen molar-refractivity contribution < 1.29 is 18.7 Å². The van der Waals surface area contributed by atoms with Gasteiger partial charge in [0, 0.05) is 23.8 Å². The molecule has 3 unspecified atom stereocenters. The third-order valence-electron chi connectivity index (χ3n) is 7.20. The number of rotatable bonds is 10. The minimum atomic E-state index is -1.63. The second-order valence-electron chi connectivity index (χ2n) is 10.8. The number of carbonyl (C=O) groups is 2. The summed E-state index contributed by atoms with van der Waals surface area (Å²) in [5, 5.41) is 9.78. The number of benzene rings is 2. The van der Waals surface area contributed by atoms with Crippen LogP contribution in [0, 0.1) is 4.91 Å². The van der Waals surface area contributed by atoms with Crippen LogP contribution < -0.4 is 15.9 Å². The van der Waals surface area contributed by atoms with Crippen LogP contribution in [0.3, 0.4) is 0 Å². The van der Waals surface area contributed by atoms with Crippen LogP contribution in [0.1, 0.15) is 55.5 Å². The van der Waals surface area contributed by atoms with Crippen LogP contribution in [0.25, 0.3) is 0 Å². The number of alkyl halides is 1. The highest BCUT2D eigenvalue weighted by Crippen LogP contribution is 2.36. The SMILES string of the molecule is CC(C)(F)c1cc(P)cc([C@](Cc2ccccc2)(NC(=O)NC2CCC(OCC(=O)N=O)C2)c2ccc(Cl)cn2)c1. The molecule has 0 radical (unpaired) electrons. The fourth-order valence-electron chi connectivity index (χ4n) is 5.15. The number of nitrogens with one attached hydrogen (secondary N) is 2. The fourth-order valence-corrected chi connectivity index (χ4v) is 5.62. The molecule has 0 saturated heterocycles. The van der Waals surface area contributed by atoms with E-state index < -0.39 is 23.1 Å². The zero-order valence-electron chi connectivity index (χ0n) is 22.9. The molecule has 4 rings (SSSR count). The van der Waals surface area contributed by atoms with E-state index in [-0.39, 0.29) is 18.8 Å². The van der Waals surface area contributed by atoms with Crippen LogP contribution >= 0.6 is 20.8 Å². The fraction of sp³-hybridized carbons (Fsp3) is 0.367. The van der Waals surface area contributed by atoms with Crippen LogP contribution in [0.15, 0.2) is 72.0 Å². The maximum absolute atomic E-state index is 15.3. The highest BCUT2D eigenvalue weighted by atomic mass is 35.5. The number of amides is 3. The van der Waals surface area contributed by atoms with Gasteiger partial charge in [0.2, 0.25) is 0 Å². The molecule has 1 aromatic heterocycles. The normalized spacial score (nSPS) is 18.4. The lowest BCUT2D eigenvalue weighted by atomic mass is 9.79. The maximum Gasteiger partial charge on any atom is 0.316 e. The molecule has 1 saturated carbocycles. The third-order valence-corrected chi connectivity index (χ3v) is 7.76. The highest BCUT2D eigenvalue weighted by molar-refractivity contribution is 7.27. The molecule has 0 bridgehead atoms. The van der Waals surface area contributed by atoms with Gasteiger partial charge in [-0.2, -0.15) is 0 Å². The largest absolute Gasteiger partial charge is 0.368 e. The van der Waals surface area contributed by atoms with Gasteiger partial charge in [-0.3, -0.25) is 9.78 Å². The third kappa shape index (κ3) is 7.94. The van der Waals surface area contributed by atoms with E-state index in [1.54, 1.807) is 24.3 Å². The molecule has 2 aromatic carbocycles. The Labute approximate surface area is 246 Å². The Balaban J connectivity index is 1.72. The monoisotopic (exact) mass is 598 g/mol. The van der Waals surface area contributed by atoms with E-state index in [0.29, 0.717) is 47.5 Å². The average molecular weight is 599 g/mol. The molecule has 8 nitrogen and oxygen atoms in total. The Hall–Kier alpha value is -3.26. The number of ether oxygens (including phenoxy) is 1. The Morgan fingerprint density at radius 2 is 1.85 bits per heavy atom. The van der Waals surface area contributed by atoms with Crippen molar-refractivity contribution in [1.82, 2.24) is 15.6 Å². The Bertz CT molecular complexity index is 1390. The molecule has 3 amide bonds. The van der Waals surface area contributed by atoms with Crippen molar-refractivity contribution >= 4 is 38.1 Å². The van der Waals surface area contributed by atoms with E-state index in [0.717, 1.165) is 10.9 Å². The minimum absolute atomic E-state index is 0.222. The van der Waals surface area contributed by atoms with Crippen molar-refractivity contribution in [3.8, 4) is 0 Å². The van der Waals surface area contributed by atoms with Crippen molar-refractivity contribution in [1.29, 1.82) is 0 Å². The first-order valence-electron chi connectivity index (χ1n) is 13.3. The highest BCUT2D eigenvalue weighted by Gasteiger charge is 2.40. The van der Waals surface area contributed by atoms with E-state index in [4.69, 9.17) is 16.3 Å². The molecule has 1 heterocycles. The van der Waals surface area contributed by atoms with E-state index >= 15 is 4.39 Å². The Kier molecular flexibility index (Phi) is 9.84. The van der Waals surface area contributed by atoms with Crippen molar-refractivity contribution in [2.75, 3.05) is 6.61 Å². The van der Waals surface area contributed by atoms with Crippen LogP contribution in [0.2, 0.25) is 5.02 Å². The topological polar surface area (TPSA) is 110 Å².